The lowest BCUT2D eigenvalue weighted by atomic mass is 10.0. The highest BCUT2D eigenvalue weighted by Crippen LogP contribution is 2.21. The lowest BCUT2D eigenvalue weighted by Crippen LogP contribution is -2.13. The fourth-order valence-corrected chi connectivity index (χ4v) is 2.37. The number of hydrogen-bond donors (Lipinski definition) is 1. The Morgan fingerprint density at radius 2 is 2.16 bits per heavy atom. The summed E-state index contributed by atoms with van der Waals surface area (Å²) in [7, 11) is 0. The van der Waals surface area contributed by atoms with E-state index >= 15 is 0 Å². The summed E-state index contributed by atoms with van der Waals surface area (Å²) < 4.78 is 6.51. The van der Waals surface area contributed by atoms with Gasteiger partial charge in [-0.1, -0.05) is 28.1 Å². The van der Waals surface area contributed by atoms with Crippen LogP contribution < -0.4 is 10.5 Å². The van der Waals surface area contributed by atoms with Gasteiger partial charge in [0.1, 0.15) is 5.75 Å². The van der Waals surface area contributed by atoms with Crippen molar-refractivity contribution in [2.75, 3.05) is 6.61 Å². The number of nitrogens with two attached hydrogens (primary N) is 1. The molecule has 2 rings (SSSR count). The molecule has 0 fully saturated rings. The van der Waals surface area contributed by atoms with Crippen molar-refractivity contribution in [3.63, 3.8) is 0 Å². The van der Waals surface area contributed by atoms with Crippen molar-refractivity contribution >= 4 is 15.9 Å². The number of hydrogen-bond acceptors (Lipinski definition) is 3. The van der Waals surface area contributed by atoms with E-state index in [2.05, 4.69) is 33.0 Å². The summed E-state index contributed by atoms with van der Waals surface area (Å²) in [4.78, 5) is 4.17. The molecule has 0 saturated carbocycles. The number of ether oxygens (including phenoxy) is 1. The van der Waals surface area contributed by atoms with Gasteiger partial charge in [0.25, 0.3) is 0 Å². The molecule has 2 N–H and O–H groups in total. The molecule has 0 aliphatic rings. The van der Waals surface area contributed by atoms with Gasteiger partial charge in [0, 0.05) is 16.7 Å². The van der Waals surface area contributed by atoms with Crippen molar-refractivity contribution in [3.05, 3.63) is 58.3 Å². The average Bonchev–Trinajstić information content (AvgIpc) is 2.39. The quantitative estimate of drug-likeness (QED) is 0.917. The molecular formula is C15H17BrN2O. The maximum absolute atomic E-state index is 6.23. The van der Waals surface area contributed by atoms with Crippen molar-refractivity contribution in [3.8, 4) is 5.75 Å². The third-order valence-electron chi connectivity index (χ3n) is 2.82. The van der Waals surface area contributed by atoms with Gasteiger partial charge in [-0.2, -0.15) is 0 Å². The van der Waals surface area contributed by atoms with E-state index in [4.69, 9.17) is 10.5 Å². The normalized spacial score (nSPS) is 12.2. The predicted octanol–water partition coefficient (Wildman–Crippen LogP) is 3.49. The van der Waals surface area contributed by atoms with E-state index in [0.717, 1.165) is 22.2 Å². The van der Waals surface area contributed by atoms with Crippen molar-refractivity contribution in [1.82, 2.24) is 4.98 Å². The molecular weight excluding hydrogens is 304 g/mol. The Hall–Kier alpha value is -1.39. The minimum atomic E-state index is -0.0813. The van der Waals surface area contributed by atoms with Gasteiger partial charge in [0.15, 0.2) is 0 Å². The number of halogens is 1. The number of nitrogens with zero attached hydrogens (tertiary/aromatic N) is 1. The van der Waals surface area contributed by atoms with E-state index in [0.29, 0.717) is 6.61 Å². The van der Waals surface area contributed by atoms with Gasteiger partial charge in [0.2, 0.25) is 0 Å². The monoisotopic (exact) mass is 320 g/mol. The number of pyridine rings is 1. The fourth-order valence-electron chi connectivity index (χ4n) is 1.92. The van der Waals surface area contributed by atoms with Gasteiger partial charge >= 0.3 is 0 Å². The van der Waals surface area contributed by atoms with Crippen LogP contribution >= 0.6 is 15.9 Å². The zero-order chi connectivity index (χ0) is 13.7. The molecule has 100 valence electrons. The van der Waals surface area contributed by atoms with Crippen LogP contribution in [0.2, 0.25) is 0 Å². The maximum atomic E-state index is 6.23. The Kier molecular flexibility index (Phi) is 4.93. The second-order valence-electron chi connectivity index (χ2n) is 4.33. The molecule has 19 heavy (non-hydrogen) atoms. The molecule has 1 aromatic carbocycles. The van der Waals surface area contributed by atoms with Crippen LogP contribution in [0, 0.1) is 0 Å². The number of rotatable bonds is 5. The van der Waals surface area contributed by atoms with Crippen molar-refractivity contribution in [1.29, 1.82) is 0 Å². The first-order valence-corrected chi connectivity index (χ1v) is 7.06. The lowest BCUT2D eigenvalue weighted by molar-refractivity contribution is 0.338. The van der Waals surface area contributed by atoms with Crippen molar-refractivity contribution in [2.45, 2.75) is 19.4 Å². The lowest BCUT2D eigenvalue weighted by Gasteiger charge is -2.13. The first-order valence-electron chi connectivity index (χ1n) is 6.27. The van der Waals surface area contributed by atoms with E-state index < -0.39 is 0 Å². The first-order chi connectivity index (χ1) is 9.19. The molecule has 1 aromatic heterocycles. The van der Waals surface area contributed by atoms with Gasteiger partial charge < -0.3 is 10.5 Å². The molecule has 0 aliphatic carbocycles. The third kappa shape index (κ3) is 4.04. The molecule has 0 spiro atoms. The number of benzene rings is 1. The molecule has 0 bridgehead atoms. The molecule has 3 nitrogen and oxygen atoms in total. The van der Waals surface area contributed by atoms with Crippen LogP contribution in [0.1, 0.15) is 24.1 Å². The average molecular weight is 321 g/mol. The van der Waals surface area contributed by atoms with E-state index in [1.807, 2.05) is 25.1 Å². The van der Waals surface area contributed by atoms with Crippen LogP contribution in [0.3, 0.4) is 0 Å². The molecule has 0 aliphatic heterocycles. The minimum Gasteiger partial charge on any atom is -0.492 e. The zero-order valence-electron chi connectivity index (χ0n) is 10.8. The van der Waals surface area contributed by atoms with Gasteiger partial charge in [0.05, 0.1) is 12.8 Å². The Morgan fingerprint density at radius 3 is 2.89 bits per heavy atom. The standard InChI is InChI=1S/C15H17BrN2O/c1-2-19-14-8-12(9-18-10-14)15(17)7-11-4-3-5-13(16)6-11/h3-6,8-10,15H,2,7,17H2,1H3. The van der Waals surface area contributed by atoms with Crippen LogP contribution in [-0.4, -0.2) is 11.6 Å². The van der Waals surface area contributed by atoms with Gasteiger partial charge in [-0.05, 0) is 42.7 Å². The summed E-state index contributed by atoms with van der Waals surface area (Å²) in [6.45, 7) is 2.58. The zero-order valence-corrected chi connectivity index (χ0v) is 12.4. The van der Waals surface area contributed by atoms with E-state index in [1.165, 1.54) is 5.56 Å². The molecule has 4 heteroatoms. The third-order valence-corrected chi connectivity index (χ3v) is 3.31. The summed E-state index contributed by atoms with van der Waals surface area (Å²) in [5, 5.41) is 0. The Labute approximate surface area is 121 Å². The van der Waals surface area contributed by atoms with E-state index in [-0.39, 0.29) is 6.04 Å². The van der Waals surface area contributed by atoms with Gasteiger partial charge in [-0.15, -0.1) is 0 Å². The Morgan fingerprint density at radius 1 is 1.32 bits per heavy atom. The molecule has 0 saturated heterocycles. The minimum absolute atomic E-state index is 0.0813. The van der Waals surface area contributed by atoms with Crippen LogP contribution in [-0.2, 0) is 6.42 Å². The highest BCUT2D eigenvalue weighted by Gasteiger charge is 2.09. The van der Waals surface area contributed by atoms with Gasteiger partial charge in [-0.3, -0.25) is 4.98 Å². The topological polar surface area (TPSA) is 48.1 Å². The van der Waals surface area contributed by atoms with Crippen LogP contribution in [0.25, 0.3) is 0 Å². The SMILES string of the molecule is CCOc1cncc(C(N)Cc2cccc(Br)c2)c1. The second kappa shape index (κ2) is 6.68. The summed E-state index contributed by atoms with van der Waals surface area (Å²) >= 11 is 3.47. The predicted molar refractivity (Wildman–Crippen MR) is 80.2 cm³/mol. The number of aromatic nitrogens is 1. The van der Waals surface area contributed by atoms with Crippen molar-refractivity contribution < 1.29 is 4.74 Å². The van der Waals surface area contributed by atoms with Crippen LogP contribution in [0.4, 0.5) is 0 Å². The van der Waals surface area contributed by atoms with Crippen LogP contribution in [0.5, 0.6) is 5.75 Å². The highest BCUT2D eigenvalue weighted by atomic mass is 79.9. The fraction of sp³-hybridized carbons (Fsp3) is 0.267. The molecule has 1 unspecified atom stereocenters. The maximum Gasteiger partial charge on any atom is 0.137 e. The smallest absolute Gasteiger partial charge is 0.137 e. The summed E-state index contributed by atoms with van der Waals surface area (Å²) in [6.07, 6.45) is 4.28. The first kappa shape index (κ1) is 14.0. The second-order valence-corrected chi connectivity index (χ2v) is 5.24. The molecule has 1 atom stereocenters. The highest BCUT2D eigenvalue weighted by molar-refractivity contribution is 9.10. The Bertz CT molecular complexity index is 545. The Balaban J connectivity index is 2.11. The summed E-state index contributed by atoms with van der Waals surface area (Å²) in [5.74, 6) is 0.768. The molecule has 0 radical (unpaired) electrons. The van der Waals surface area contributed by atoms with E-state index in [1.54, 1.807) is 12.4 Å². The molecule has 1 heterocycles. The van der Waals surface area contributed by atoms with E-state index in [9.17, 15) is 0 Å². The molecule has 2 aromatic rings. The van der Waals surface area contributed by atoms with Crippen LogP contribution in [0.15, 0.2) is 47.2 Å². The molecule has 0 amide bonds. The largest absolute Gasteiger partial charge is 0.492 e. The summed E-state index contributed by atoms with van der Waals surface area (Å²) in [6, 6.07) is 10.1. The van der Waals surface area contributed by atoms with Crippen molar-refractivity contribution in [2.24, 2.45) is 5.73 Å². The van der Waals surface area contributed by atoms with Gasteiger partial charge in [-0.25, -0.2) is 0 Å². The summed E-state index contributed by atoms with van der Waals surface area (Å²) in [5.41, 5.74) is 8.42.